The Bertz CT molecular complexity index is 455. The molecule has 1 aromatic carbocycles. The molecule has 0 heterocycles. The lowest BCUT2D eigenvalue weighted by Crippen LogP contribution is -2.05. The lowest BCUT2D eigenvalue weighted by Gasteiger charge is -2.16. The van der Waals surface area contributed by atoms with Gasteiger partial charge in [0.2, 0.25) is 0 Å². The minimum absolute atomic E-state index is 0.405. The highest BCUT2D eigenvalue weighted by atomic mass is 16.7. The Hall–Kier alpha value is -1.34. The average molecular weight is 290 g/mol. The predicted octanol–water partition coefficient (Wildman–Crippen LogP) is 3.99. The van der Waals surface area contributed by atoms with Gasteiger partial charge in [-0.05, 0) is 18.1 Å². The smallest absolute Gasteiger partial charge is 0.183 e. The summed E-state index contributed by atoms with van der Waals surface area (Å²) in [5.41, 5.74) is 1.74. The maximum absolute atomic E-state index is 10.2. The molecule has 0 aliphatic carbocycles. The lowest BCUT2D eigenvalue weighted by atomic mass is 10.0. The van der Waals surface area contributed by atoms with Crippen molar-refractivity contribution in [1.82, 2.24) is 0 Å². The van der Waals surface area contributed by atoms with E-state index >= 15 is 0 Å². The van der Waals surface area contributed by atoms with Crippen LogP contribution in [0.25, 0.3) is 0 Å². The lowest BCUT2D eigenvalue weighted by molar-refractivity contribution is -0.106. The van der Waals surface area contributed by atoms with Gasteiger partial charge >= 0.3 is 0 Å². The monoisotopic (exact) mass is 290 g/mol. The van der Waals surface area contributed by atoms with Crippen molar-refractivity contribution >= 4 is 0 Å². The fourth-order valence-electron chi connectivity index (χ4n) is 2.12. The summed E-state index contributed by atoms with van der Waals surface area (Å²) in [4.78, 5) is 0. The van der Waals surface area contributed by atoms with Gasteiger partial charge < -0.3 is 14.6 Å². The Kier molecular flexibility index (Phi) is 8.77. The molecule has 0 radical (unpaired) electrons. The summed E-state index contributed by atoms with van der Waals surface area (Å²) in [6, 6.07) is 7.62. The molecule has 0 amide bonds. The quantitative estimate of drug-likeness (QED) is 0.447. The third-order valence-electron chi connectivity index (χ3n) is 3.32. The Morgan fingerprint density at radius 2 is 1.81 bits per heavy atom. The van der Waals surface area contributed by atoms with Crippen molar-refractivity contribution in [2.75, 3.05) is 14.2 Å². The topological polar surface area (TPSA) is 38.7 Å². The van der Waals surface area contributed by atoms with Gasteiger partial charge in [-0.15, -0.1) is 11.8 Å². The summed E-state index contributed by atoms with van der Waals surface area (Å²) in [7, 11) is 3.19. The molecule has 1 atom stereocenters. The SMILES string of the molecule is CCCCCC#CCC(O)c1cccc(C(OC)OC)c1. The normalized spacial score (nSPS) is 12.0. The van der Waals surface area contributed by atoms with Crippen LogP contribution in [0, 0.1) is 11.8 Å². The van der Waals surface area contributed by atoms with E-state index in [1.54, 1.807) is 14.2 Å². The minimum Gasteiger partial charge on any atom is -0.387 e. The number of aliphatic hydroxyl groups excluding tert-OH is 1. The zero-order valence-corrected chi connectivity index (χ0v) is 13.3. The Morgan fingerprint density at radius 1 is 1.10 bits per heavy atom. The van der Waals surface area contributed by atoms with Crippen LogP contribution in [-0.4, -0.2) is 19.3 Å². The van der Waals surface area contributed by atoms with Crippen molar-refractivity contribution in [3.63, 3.8) is 0 Å². The zero-order valence-electron chi connectivity index (χ0n) is 13.3. The molecule has 1 aromatic rings. The first-order valence-electron chi connectivity index (χ1n) is 7.52. The van der Waals surface area contributed by atoms with E-state index in [-0.39, 0.29) is 0 Å². The van der Waals surface area contributed by atoms with Gasteiger partial charge in [-0.2, -0.15) is 0 Å². The van der Waals surface area contributed by atoms with Gasteiger partial charge in [0.15, 0.2) is 6.29 Å². The summed E-state index contributed by atoms with van der Waals surface area (Å²) >= 11 is 0. The molecule has 116 valence electrons. The average Bonchev–Trinajstić information content (AvgIpc) is 2.52. The maximum atomic E-state index is 10.2. The van der Waals surface area contributed by atoms with E-state index in [4.69, 9.17) is 9.47 Å². The molecule has 0 aliphatic heterocycles. The van der Waals surface area contributed by atoms with Crippen LogP contribution in [-0.2, 0) is 9.47 Å². The zero-order chi connectivity index (χ0) is 15.5. The number of ether oxygens (including phenoxy) is 2. The summed E-state index contributed by atoms with van der Waals surface area (Å²) in [5.74, 6) is 6.18. The van der Waals surface area contributed by atoms with Crippen molar-refractivity contribution in [2.24, 2.45) is 0 Å². The summed E-state index contributed by atoms with van der Waals surface area (Å²) in [5, 5.41) is 10.2. The van der Waals surface area contributed by atoms with E-state index in [0.29, 0.717) is 6.42 Å². The van der Waals surface area contributed by atoms with E-state index in [0.717, 1.165) is 24.0 Å². The van der Waals surface area contributed by atoms with Gasteiger partial charge in [-0.3, -0.25) is 0 Å². The maximum Gasteiger partial charge on any atom is 0.183 e. The van der Waals surface area contributed by atoms with Crippen LogP contribution in [0.3, 0.4) is 0 Å². The van der Waals surface area contributed by atoms with Gasteiger partial charge in [0.25, 0.3) is 0 Å². The molecule has 0 saturated heterocycles. The Labute approximate surface area is 128 Å². The van der Waals surface area contributed by atoms with Crippen molar-refractivity contribution in [2.45, 2.75) is 51.4 Å². The van der Waals surface area contributed by atoms with Gasteiger partial charge in [0.05, 0.1) is 6.10 Å². The van der Waals surface area contributed by atoms with E-state index in [1.165, 1.54) is 12.8 Å². The molecule has 0 aromatic heterocycles. The molecule has 0 saturated carbocycles. The van der Waals surface area contributed by atoms with Gasteiger partial charge in [0, 0.05) is 32.6 Å². The molecule has 3 heteroatoms. The Balaban J connectivity index is 2.57. The van der Waals surface area contributed by atoms with Crippen LogP contribution in [0.1, 0.15) is 62.5 Å². The Morgan fingerprint density at radius 3 is 2.48 bits per heavy atom. The van der Waals surface area contributed by atoms with Crippen molar-refractivity contribution in [3.8, 4) is 11.8 Å². The molecule has 0 fully saturated rings. The number of unbranched alkanes of at least 4 members (excludes halogenated alkanes) is 3. The van der Waals surface area contributed by atoms with Crippen LogP contribution < -0.4 is 0 Å². The third-order valence-corrected chi connectivity index (χ3v) is 3.32. The molecular weight excluding hydrogens is 264 g/mol. The van der Waals surface area contributed by atoms with Gasteiger partial charge in [0.1, 0.15) is 0 Å². The first-order valence-corrected chi connectivity index (χ1v) is 7.52. The molecular formula is C18H26O3. The van der Waals surface area contributed by atoms with Crippen LogP contribution in [0.15, 0.2) is 24.3 Å². The van der Waals surface area contributed by atoms with E-state index in [9.17, 15) is 5.11 Å². The molecule has 3 nitrogen and oxygen atoms in total. The van der Waals surface area contributed by atoms with Crippen LogP contribution in [0.4, 0.5) is 0 Å². The standard InChI is InChI=1S/C18H26O3/c1-4-5-6-7-8-9-13-17(19)15-11-10-12-16(14-15)18(20-2)21-3/h10-12,14,17-19H,4-7,13H2,1-3H3. The van der Waals surface area contributed by atoms with Crippen molar-refractivity contribution in [3.05, 3.63) is 35.4 Å². The van der Waals surface area contributed by atoms with Crippen molar-refractivity contribution < 1.29 is 14.6 Å². The molecule has 1 N–H and O–H groups in total. The van der Waals surface area contributed by atoms with Gasteiger partial charge in [-0.25, -0.2) is 0 Å². The number of hydrogen-bond acceptors (Lipinski definition) is 3. The first-order chi connectivity index (χ1) is 10.2. The fourth-order valence-corrected chi connectivity index (χ4v) is 2.12. The second-order valence-corrected chi connectivity index (χ2v) is 5.00. The highest BCUT2D eigenvalue weighted by Crippen LogP contribution is 2.23. The molecule has 1 unspecified atom stereocenters. The van der Waals surface area contributed by atoms with E-state index < -0.39 is 12.4 Å². The van der Waals surface area contributed by atoms with E-state index in [2.05, 4.69) is 18.8 Å². The fraction of sp³-hybridized carbons (Fsp3) is 0.556. The number of hydrogen-bond donors (Lipinski definition) is 1. The summed E-state index contributed by atoms with van der Waals surface area (Å²) in [6.45, 7) is 2.18. The summed E-state index contributed by atoms with van der Waals surface area (Å²) < 4.78 is 10.4. The number of methoxy groups -OCH3 is 2. The number of rotatable bonds is 8. The molecule has 0 spiro atoms. The molecule has 21 heavy (non-hydrogen) atoms. The predicted molar refractivity (Wildman–Crippen MR) is 84.7 cm³/mol. The highest BCUT2D eigenvalue weighted by Gasteiger charge is 2.12. The highest BCUT2D eigenvalue weighted by molar-refractivity contribution is 5.27. The number of benzene rings is 1. The minimum atomic E-state index is -0.571. The van der Waals surface area contributed by atoms with Crippen LogP contribution in [0.5, 0.6) is 0 Å². The molecule has 0 bridgehead atoms. The third kappa shape index (κ3) is 6.31. The van der Waals surface area contributed by atoms with E-state index in [1.807, 2.05) is 24.3 Å². The molecule has 1 rings (SSSR count). The second-order valence-electron chi connectivity index (χ2n) is 5.00. The van der Waals surface area contributed by atoms with Crippen LogP contribution >= 0.6 is 0 Å². The van der Waals surface area contributed by atoms with Crippen LogP contribution in [0.2, 0.25) is 0 Å². The van der Waals surface area contributed by atoms with Crippen molar-refractivity contribution in [1.29, 1.82) is 0 Å². The second kappa shape index (κ2) is 10.4. The van der Waals surface area contributed by atoms with Gasteiger partial charge in [-0.1, -0.05) is 38.0 Å². The summed E-state index contributed by atoms with van der Waals surface area (Å²) in [6.07, 6.45) is 3.95. The molecule has 0 aliphatic rings. The largest absolute Gasteiger partial charge is 0.387 e. The first kappa shape index (κ1) is 17.7. The number of aliphatic hydroxyl groups is 1.